The maximum atomic E-state index is 9.36. The van der Waals surface area contributed by atoms with Crippen LogP contribution in [0.1, 0.15) is 42.3 Å². The third kappa shape index (κ3) is 2.84. The highest BCUT2D eigenvalue weighted by Crippen LogP contribution is 2.18. The van der Waals surface area contributed by atoms with Gasteiger partial charge in [-0.2, -0.15) is 0 Å². The van der Waals surface area contributed by atoms with Crippen molar-refractivity contribution in [3.8, 4) is 5.69 Å². The molecule has 4 nitrogen and oxygen atoms in total. The van der Waals surface area contributed by atoms with E-state index in [-0.39, 0.29) is 6.61 Å². The largest absolute Gasteiger partial charge is 0.390 e. The van der Waals surface area contributed by atoms with Crippen molar-refractivity contribution in [1.82, 2.24) is 15.0 Å². The van der Waals surface area contributed by atoms with Crippen LogP contribution in [-0.2, 0) is 13.0 Å². The molecule has 1 aromatic heterocycles. The lowest BCUT2D eigenvalue weighted by atomic mass is 10.1. The summed E-state index contributed by atoms with van der Waals surface area (Å²) in [6.45, 7) is 6.29. The van der Waals surface area contributed by atoms with E-state index in [1.54, 1.807) is 0 Å². The van der Waals surface area contributed by atoms with E-state index in [1.807, 2.05) is 10.7 Å². The molecule has 1 aromatic carbocycles. The Morgan fingerprint density at radius 3 is 2.63 bits per heavy atom. The molecular formula is C15H21N3O. The molecule has 0 amide bonds. The highest BCUT2D eigenvalue weighted by molar-refractivity contribution is 5.40. The van der Waals surface area contributed by atoms with E-state index in [2.05, 4.69) is 43.2 Å². The van der Waals surface area contributed by atoms with Gasteiger partial charge < -0.3 is 5.11 Å². The molecular weight excluding hydrogens is 238 g/mol. The van der Waals surface area contributed by atoms with Gasteiger partial charge in [-0.1, -0.05) is 24.6 Å². The maximum Gasteiger partial charge on any atom is 0.112 e. The van der Waals surface area contributed by atoms with Crippen LogP contribution >= 0.6 is 0 Å². The Morgan fingerprint density at radius 2 is 2.00 bits per heavy atom. The monoisotopic (exact) mass is 259 g/mol. The second-order valence-corrected chi connectivity index (χ2v) is 4.92. The topological polar surface area (TPSA) is 50.9 Å². The minimum absolute atomic E-state index is 0.0517. The van der Waals surface area contributed by atoms with Crippen LogP contribution in [0.3, 0.4) is 0 Å². The fourth-order valence-corrected chi connectivity index (χ4v) is 2.11. The van der Waals surface area contributed by atoms with Crippen molar-refractivity contribution in [2.75, 3.05) is 0 Å². The second kappa shape index (κ2) is 5.97. The quantitative estimate of drug-likeness (QED) is 0.898. The molecule has 0 aliphatic carbocycles. The third-order valence-corrected chi connectivity index (χ3v) is 3.50. The zero-order valence-electron chi connectivity index (χ0n) is 11.8. The van der Waals surface area contributed by atoms with E-state index < -0.39 is 0 Å². The van der Waals surface area contributed by atoms with E-state index in [9.17, 15) is 5.11 Å². The molecule has 2 rings (SSSR count). The SMILES string of the molecule is CCCCc1c(CO)nnn1-c1ccc(C)c(C)c1. The van der Waals surface area contributed by atoms with Gasteiger partial charge in [0.1, 0.15) is 5.69 Å². The van der Waals surface area contributed by atoms with Crippen LogP contribution in [0.25, 0.3) is 5.69 Å². The lowest BCUT2D eigenvalue weighted by molar-refractivity contribution is 0.275. The van der Waals surface area contributed by atoms with Crippen LogP contribution in [0, 0.1) is 13.8 Å². The Labute approximate surface area is 114 Å². The van der Waals surface area contributed by atoms with Gasteiger partial charge in [0.25, 0.3) is 0 Å². The maximum absolute atomic E-state index is 9.36. The molecule has 4 heteroatoms. The van der Waals surface area contributed by atoms with Crippen molar-refractivity contribution in [3.05, 3.63) is 40.7 Å². The van der Waals surface area contributed by atoms with Gasteiger partial charge in [0, 0.05) is 0 Å². The first-order valence-electron chi connectivity index (χ1n) is 6.79. The van der Waals surface area contributed by atoms with Crippen LogP contribution in [0.5, 0.6) is 0 Å². The molecule has 0 radical (unpaired) electrons. The molecule has 19 heavy (non-hydrogen) atoms. The highest BCUT2D eigenvalue weighted by Gasteiger charge is 2.13. The minimum Gasteiger partial charge on any atom is -0.390 e. The Hall–Kier alpha value is -1.68. The Balaban J connectivity index is 2.42. The summed E-state index contributed by atoms with van der Waals surface area (Å²) in [5, 5.41) is 17.6. The van der Waals surface area contributed by atoms with Crippen molar-refractivity contribution in [2.24, 2.45) is 0 Å². The lowest BCUT2D eigenvalue weighted by Gasteiger charge is -2.09. The summed E-state index contributed by atoms with van der Waals surface area (Å²) >= 11 is 0. The zero-order chi connectivity index (χ0) is 13.8. The first-order chi connectivity index (χ1) is 9.17. The van der Waals surface area contributed by atoms with Crippen LogP contribution in [0.15, 0.2) is 18.2 Å². The normalized spacial score (nSPS) is 10.9. The van der Waals surface area contributed by atoms with Gasteiger partial charge in [-0.05, 0) is 49.9 Å². The summed E-state index contributed by atoms with van der Waals surface area (Å²) in [5.41, 5.74) is 5.22. The molecule has 0 saturated carbocycles. The van der Waals surface area contributed by atoms with Crippen molar-refractivity contribution in [1.29, 1.82) is 0 Å². The van der Waals surface area contributed by atoms with E-state index in [1.165, 1.54) is 11.1 Å². The van der Waals surface area contributed by atoms with Gasteiger partial charge in [-0.25, -0.2) is 4.68 Å². The Morgan fingerprint density at radius 1 is 1.21 bits per heavy atom. The minimum atomic E-state index is -0.0517. The van der Waals surface area contributed by atoms with E-state index in [4.69, 9.17) is 0 Å². The molecule has 102 valence electrons. The number of aliphatic hydroxyl groups excluding tert-OH is 1. The standard InChI is InChI=1S/C15H21N3O/c1-4-5-6-15-14(10-19)16-17-18(15)13-8-7-11(2)12(3)9-13/h7-9,19H,4-6,10H2,1-3H3. The molecule has 1 heterocycles. The van der Waals surface area contributed by atoms with Crippen molar-refractivity contribution >= 4 is 0 Å². The van der Waals surface area contributed by atoms with E-state index in [0.29, 0.717) is 5.69 Å². The lowest BCUT2D eigenvalue weighted by Crippen LogP contribution is -2.04. The predicted octanol–water partition coefficient (Wildman–Crippen LogP) is 2.72. The number of rotatable bonds is 5. The molecule has 0 saturated heterocycles. The summed E-state index contributed by atoms with van der Waals surface area (Å²) < 4.78 is 1.85. The van der Waals surface area contributed by atoms with Crippen LogP contribution in [-0.4, -0.2) is 20.1 Å². The summed E-state index contributed by atoms with van der Waals surface area (Å²) in [5.74, 6) is 0. The van der Waals surface area contributed by atoms with Gasteiger partial charge in [0.05, 0.1) is 18.0 Å². The molecule has 0 bridgehead atoms. The number of hydrogen-bond donors (Lipinski definition) is 1. The number of unbranched alkanes of at least 4 members (excludes halogenated alkanes) is 1. The predicted molar refractivity (Wildman–Crippen MR) is 75.4 cm³/mol. The average molecular weight is 259 g/mol. The van der Waals surface area contributed by atoms with Gasteiger partial charge in [0.15, 0.2) is 0 Å². The molecule has 0 fully saturated rings. The first kappa shape index (κ1) is 13.7. The van der Waals surface area contributed by atoms with E-state index in [0.717, 1.165) is 30.6 Å². The Bertz CT molecular complexity index is 561. The molecule has 1 N–H and O–H groups in total. The Kier molecular flexibility index (Phi) is 4.32. The number of hydrogen-bond acceptors (Lipinski definition) is 3. The van der Waals surface area contributed by atoms with Gasteiger partial charge in [-0.3, -0.25) is 0 Å². The summed E-state index contributed by atoms with van der Waals surface area (Å²) in [6, 6.07) is 6.25. The fraction of sp³-hybridized carbons (Fsp3) is 0.467. The average Bonchev–Trinajstić information content (AvgIpc) is 2.82. The van der Waals surface area contributed by atoms with Gasteiger partial charge >= 0.3 is 0 Å². The van der Waals surface area contributed by atoms with Crippen LogP contribution < -0.4 is 0 Å². The second-order valence-electron chi connectivity index (χ2n) is 4.92. The molecule has 0 spiro atoms. The molecule has 0 aliphatic heterocycles. The van der Waals surface area contributed by atoms with Gasteiger partial charge in [-0.15, -0.1) is 5.10 Å². The molecule has 0 aliphatic rings. The van der Waals surface area contributed by atoms with Crippen molar-refractivity contribution in [3.63, 3.8) is 0 Å². The number of nitrogens with zero attached hydrogens (tertiary/aromatic N) is 3. The highest BCUT2D eigenvalue weighted by atomic mass is 16.3. The molecule has 0 unspecified atom stereocenters. The number of benzene rings is 1. The third-order valence-electron chi connectivity index (χ3n) is 3.50. The first-order valence-corrected chi connectivity index (χ1v) is 6.79. The van der Waals surface area contributed by atoms with Crippen molar-refractivity contribution < 1.29 is 5.11 Å². The zero-order valence-corrected chi connectivity index (χ0v) is 11.8. The molecule has 0 atom stereocenters. The number of aryl methyl sites for hydroxylation is 2. The van der Waals surface area contributed by atoms with Gasteiger partial charge in [0.2, 0.25) is 0 Å². The fourth-order valence-electron chi connectivity index (χ4n) is 2.11. The summed E-state index contributed by atoms with van der Waals surface area (Å²) in [4.78, 5) is 0. The number of aromatic nitrogens is 3. The summed E-state index contributed by atoms with van der Waals surface area (Å²) in [6.07, 6.45) is 3.08. The summed E-state index contributed by atoms with van der Waals surface area (Å²) in [7, 11) is 0. The van der Waals surface area contributed by atoms with Crippen LogP contribution in [0.2, 0.25) is 0 Å². The van der Waals surface area contributed by atoms with E-state index >= 15 is 0 Å². The smallest absolute Gasteiger partial charge is 0.112 e. The number of aliphatic hydroxyl groups is 1. The van der Waals surface area contributed by atoms with Crippen LogP contribution in [0.4, 0.5) is 0 Å². The van der Waals surface area contributed by atoms with Crippen molar-refractivity contribution in [2.45, 2.75) is 46.6 Å². The molecule has 2 aromatic rings.